The van der Waals surface area contributed by atoms with Gasteiger partial charge in [0.15, 0.2) is 5.69 Å². The molecular formula is C25H32ClN3O5. The van der Waals surface area contributed by atoms with Gasteiger partial charge in [-0.05, 0) is 37.5 Å². The van der Waals surface area contributed by atoms with Crippen molar-refractivity contribution in [2.24, 2.45) is 5.41 Å². The number of nitrogens with zero attached hydrogens (tertiary/aromatic N) is 3. The van der Waals surface area contributed by atoms with Crippen molar-refractivity contribution in [2.45, 2.75) is 39.0 Å². The SMILES string of the molecule is CCCc1cc(C(=O)N2CCC[C@@](COc3cccc(Cl)c3)(CC(=O)N3CCOCC3)C2)no1. The van der Waals surface area contributed by atoms with Gasteiger partial charge in [-0.2, -0.15) is 0 Å². The summed E-state index contributed by atoms with van der Waals surface area (Å²) in [6, 6.07) is 8.95. The van der Waals surface area contributed by atoms with E-state index < -0.39 is 5.41 Å². The number of aromatic nitrogens is 1. The first-order chi connectivity index (χ1) is 16.5. The second-order valence-corrected chi connectivity index (χ2v) is 9.61. The highest BCUT2D eigenvalue weighted by Crippen LogP contribution is 2.36. The van der Waals surface area contributed by atoms with E-state index in [1.165, 1.54) is 0 Å². The molecular weight excluding hydrogens is 458 g/mol. The topological polar surface area (TPSA) is 85.1 Å². The number of rotatable bonds is 8. The summed E-state index contributed by atoms with van der Waals surface area (Å²) in [5.74, 6) is 1.26. The Morgan fingerprint density at radius 3 is 2.76 bits per heavy atom. The van der Waals surface area contributed by atoms with Crippen molar-refractivity contribution in [3.63, 3.8) is 0 Å². The minimum atomic E-state index is -0.512. The van der Waals surface area contributed by atoms with Crippen LogP contribution in [0.4, 0.5) is 0 Å². The van der Waals surface area contributed by atoms with E-state index >= 15 is 0 Å². The first-order valence-electron chi connectivity index (χ1n) is 12.0. The molecule has 0 radical (unpaired) electrons. The van der Waals surface area contributed by atoms with E-state index in [0.29, 0.717) is 74.6 Å². The van der Waals surface area contributed by atoms with E-state index in [-0.39, 0.29) is 11.8 Å². The average Bonchev–Trinajstić information content (AvgIpc) is 3.32. The van der Waals surface area contributed by atoms with Gasteiger partial charge < -0.3 is 23.8 Å². The first-order valence-corrected chi connectivity index (χ1v) is 12.3. The summed E-state index contributed by atoms with van der Waals surface area (Å²) in [5.41, 5.74) is -0.198. The summed E-state index contributed by atoms with van der Waals surface area (Å²) in [6.45, 7) is 5.67. The fourth-order valence-electron chi connectivity index (χ4n) is 4.67. The third-order valence-electron chi connectivity index (χ3n) is 6.45. The van der Waals surface area contributed by atoms with Gasteiger partial charge in [0.25, 0.3) is 5.91 Å². The molecule has 2 aliphatic heterocycles. The van der Waals surface area contributed by atoms with Crippen molar-refractivity contribution in [1.82, 2.24) is 15.0 Å². The van der Waals surface area contributed by atoms with Gasteiger partial charge in [0.1, 0.15) is 11.5 Å². The quantitative estimate of drug-likeness (QED) is 0.560. The molecule has 2 fully saturated rings. The van der Waals surface area contributed by atoms with Crippen molar-refractivity contribution >= 4 is 23.4 Å². The van der Waals surface area contributed by atoms with Crippen LogP contribution in [0.25, 0.3) is 0 Å². The monoisotopic (exact) mass is 489 g/mol. The number of carbonyl (C=O) groups is 2. The Morgan fingerprint density at radius 2 is 2.00 bits per heavy atom. The second kappa shape index (κ2) is 11.2. The van der Waals surface area contributed by atoms with E-state index in [0.717, 1.165) is 25.7 Å². The highest BCUT2D eigenvalue weighted by molar-refractivity contribution is 6.30. The lowest BCUT2D eigenvalue weighted by molar-refractivity contribution is -0.139. The maximum atomic E-state index is 13.2. The van der Waals surface area contributed by atoms with Crippen molar-refractivity contribution < 1.29 is 23.6 Å². The Bertz CT molecular complexity index is 990. The fraction of sp³-hybridized carbons (Fsp3) is 0.560. The van der Waals surface area contributed by atoms with Gasteiger partial charge in [0.2, 0.25) is 5.91 Å². The van der Waals surface area contributed by atoms with Crippen LogP contribution in [0.2, 0.25) is 5.02 Å². The molecule has 0 spiro atoms. The molecule has 2 saturated heterocycles. The molecule has 2 aliphatic rings. The molecule has 0 unspecified atom stereocenters. The van der Waals surface area contributed by atoms with Crippen molar-refractivity contribution in [3.8, 4) is 5.75 Å². The molecule has 1 aromatic heterocycles. The predicted molar refractivity (Wildman–Crippen MR) is 127 cm³/mol. The van der Waals surface area contributed by atoms with Crippen LogP contribution in [-0.2, 0) is 16.0 Å². The maximum absolute atomic E-state index is 13.2. The zero-order chi connectivity index (χ0) is 24.0. The fourth-order valence-corrected chi connectivity index (χ4v) is 4.85. The molecule has 1 aromatic carbocycles. The molecule has 0 aliphatic carbocycles. The number of ether oxygens (including phenoxy) is 2. The lowest BCUT2D eigenvalue weighted by Crippen LogP contribution is -2.52. The number of hydrogen-bond acceptors (Lipinski definition) is 6. The standard InChI is InChI=1S/C25H32ClN3O5/c1-2-5-21-15-22(27-34-21)24(31)29-9-4-8-25(17-29,16-23(30)28-10-12-32-13-11-28)18-33-20-7-3-6-19(26)14-20/h3,6-7,14-15H,2,4-5,8-13,16-18H2,1H3/t25-/m1/s1. The van der Waals surface area contributed by atoms with Crippen LogP contribution in [0, 0.1) is 5.41 Å². The molecule has 4 rings (SSSR count). The second-order valence-electron chi connectivity index (χ2n) is 9.17. The van der Waals surface area contributed by atoms with E-state index in [9.17, 15) is 9.59 Å². The maximum Gasteiger partial charge on any atom is 0.276 e. The van der Waals surface area contributed by atoms with E-state index in [2.05, 4.69) is 5.16 Å². The van der Waals surface area contributed by atoms with E-state index in [1.807, 2.05) is 24.0 Å². The number of aryl methyl sites for hydroxylation is 1. The molecule has 1 atom stereocenters. The summed E-state index contributed by atoms with van der Waals surface area (Å²) >= 11 is 6.12. The van der Waals surface area contributed by atoms with E-state index in [1.54, 1.807) is 23.1 Å². The number of hydrogen-bond donors (Lipinski definition) is 0. The van der Waals surface area contributed by atoms with Crippen LogP contribution in [0.1, 0.15) is 48.9 Å². The zero-order valence-corrected chi connectivity index (χ0v) is 20.4. The van der Waals surface area contributed by atoms with Crippen LogP contribution < -0.4 is 4.74 Å². The van der Waals surface area contributed by atoms with Gasteiger partial charge in [-0.15, -0.1) is 0 Å². The summed E-state index contributed by atoms with van der Waals surface area (Å²) in [6.07, 6.45) is 3.52. The molecule has 2 aromatic rings. The van der Waals surface area contributed by atoms with Gasteiger partial charge in [-0.1, -0.05) is 29.7 Å². The largest absolute Gasteiger partial charge is 0.493 e. The first kappa shape index (κ1) is 24.5. The third kappa shape index (κ3) is 6.10. The van der Waals surface area contributed by atoms with Gasteiger partial charge in [0, 0.05) is 55.5 Å². The molecule has 3 heterocycles. The Hall–Kier alpha value is -2.58. The summed E-state index contributed by atoms with van der Waals surface area (Å²) < 4.78 is 16.9. The number of halogens is 1. The molecule has 0 N–H and O–H groups in total. The molecule has 9 heteroatoms. The minimum absolute atomic E-state index is 0.0685. The highest BCUT2D eigenvalue weighted by Gasteiger charge is 2.41. The Kier molecular flexibility index (Phi) is 8.11. The van der Waals surface area contributed by atoms with Gasteiger partial charge >= 0.3 is 0 Å². The number of amides is 2. The molecule has 0 bridgehead atoms. The number of likely N-dealkylation sites (tertiary alicyclic amines) is 1. The lowest BCUT2D eigenvalue weighted by atomic mass is 9.77. The molecule has 34 heavy (non-hydrogen) atoms. The smallest absolute Gasteiger partial charge is 0.276 e. The lowest BCUT2D eigenvalue weighted by Gasteiger charge is -2.43. The number of morpholine rings is 1. The molecule has 8 nitrogen and oxygen atoms in total. The summed E-state index contributed by atoms with van der Waals surface area (Å²) in [7, 11) is 0. The summed E-state index contributed by atoms with van der Waals surface area (Å²) in [4.78, 5) is 30.1. The minimum Gasteiger partial charge on any atom is -0.493 e. The van der Waals surface area contributed by atoms with Gasteiger partial charge in [0.05, 0.1) is 19.8 Å². The van der Waals surface area contributed by atoms with Crippen molar-refractivity contribution in [3.05, 3.63) is 46.8 Å². The van der Waals surface area contributed by atoms with Gasteiger partial charge in [-0.3, -0.25) is 9.59 Å². The van der Waals surface area contributed by atoms with Crippen molar-refractivity contribution in [2.75, 3.05) is 46.0 Å². The zero-order valence-electron chi connectivity index (χ0n) is 19.6. The van der Waals surface area contributed by atoms with E-state index in [4.69, 9.17) is 25.6 Å². The van der Waals surface area contributed by atoms with Crippen LogP contribution in [-0.4, -0.2) is 72.8 Å². The van der Waals surface area contributed by atoms with Crippen LogP contribution in [0.3, 0.4) is 0 Å². The third-order valence-corrected chi connectivity index (χ3v) is 6.69. The Balaban J connectivity index is 1.51. The normalized spacial score (nSPS) is 20.9. The van der Waals surface area contributed by atoms with Crippen LogP contribution in [0.5, 0.6) is 5.75 Å². The molecule has 2 amide bonds. The van der Waals surface area contributed by atoms with Gasteiger partial charge in [-0.25, -0.2) is 0 Å². The molecule has 0 saturated carbocycles. The number of carbonyl (C=O) groups excluding carboxylic acids is 2. The Labute approximate surface area is 205 Å². The predicted octanol–water partition coefficient (Wildman–Crippen LogP) is 3.83. The van der Waals surface area contributed by atoms with Crippen LogP contribution >= 0.6 is 11.6 Å². The van der Waals surface area contributed by atoms with Crippen molar-refractivity contribution in [1.29, 1.82) is 0 Å². The average molecular weight is 490 g/mol. The number of benzene rings is 1. The summed E-state index contributed by atoms with van der Waals surface area (Å²) in [5, 5.41) is 4.58. The highest BCUT2D eigenvalue weighted by atomic mass is 35.5. The molecule has 184 valence electrons. The van der Waals surface area contributed by atoms with Crippen LogP contribution in [0.15, 0.2) is 34.9 Å². The number of piperidine rings is 1. The Morgan fingerprint density at radius 1 is 1.18 bits per heavy atom.